The molecule has 0 spiro atoms. The molecule has 0 saturated carbocycles. The van der Waals surface area contributed by atoms with Gasteiger partial charge in [-0.3, -0.25) is 0 Å². The topological polar surface area (TPSA) is 52.1 Å². The van der Waals surface area contributed by atoms with Crippen molar-refractivity contribution in [1.29, 1.82) is 0 Å². The maximum Gasteiger partial charge on any atom is 0.160 e. The van der Waals surface area contributed by atoms with Crippen LogP contribution in [0.4, 0.5) is 0 Å². The lowest BCUT2D eigenvalue weighted by Gasteiger charge is -2.12. The number of rotatable bonds is 6. The summed E-state index contributed by atoms with van der Waals surface area (Å²) in [5, 5.41) is 4.43. The van der Waals surface area contributed by atoms with Crippen molar-refractivity contribution >= 4 is 43.9 Å². The van der Waals surface area contributed by atoms with Crippen LogP contribution < -0.4 is 0 Å². The molecule has 0 amide bonds. The van der Waals surface area contributed by atoms with Crippen LogP contribution in [-0.4, -0.2) is 9.97 Å². The second-order valence-electron chi connectivity index (χ2n) is 14.1. The third kappa shape index (κ3) is 5.47. The van der Waals surface area contributed by atoms with Crippen molar-refractivity contribution in [3.05, 3.63) is 194 Å². The van der Waals surface area contributed by atoms with Crippen LogP contribution in [0.3, 0.4) is 0 Å². The Bertz CT molecular complexity index is 3070. The lowest BCUT2D eigenvalue weighted by Crippen LogP contribution is -1.96. The van der Waals surface area contributed by atoms with Gasteiger partial charge in [-0.2, -0.15) is 0 Å². The quantitative estimate of drug-likeness (QED) is 0.172. The van der Waals surface area contributed by atoms with Crippen LogP contribution in [0.15, 0.2) is 203 Å². The lowest BCUT2D eigenvalue weighted by molar-refractivity contribution is 0.668. The number of para-hydroxylation sites is 2. The minimum absolute atomic E-state index is 0.666. The molecule has 11 rings (SSSR count). The smallest absolute Gasteiger partial charge is 0.160 e. The van der Waals surface area contributed by atoms with Crippen LogP contribution in [0.5, 0.6) is 0 Å². The maximum atomic E-state index is 6.25. The first-order chi connectivity index (χ1) is 27.7. The molecule has 0 fully saturated rings. The summed E-state index contributed by atoms with van der Waals surface area (Å²) < 4.78 is 12.5. The Labute approximate surface area is 323 Å². The molecule has 0 atom stereocenters. The van der Waals surface area contributed by atoms with Gasteiger partial charge in [0.2, 0.25) is 0 Å². The van der Waals surface area contributed by atoms with E-state index in [1.807, 2.05) is 42.5 Å². The summed E-state index contributed by atoms with van der Waals surface area (Å²) in [4.78, 5) is 10.5. The van der Waals surface area contributed by atoms with E-state index >= 15 is 0 Å². The third-order valence-corrected chi connectivity index (χ3v) is 10.7. The van der Waals surface area contributed by atoms with Crippen molar-refractivity contribution in [2.75, 3.05) is 0 Å². The van der Waals surface area contributed by atoms with Gasteiger partial charge < -0.3 is 8.83 Å². The van der Waals surface area contributed by atoms with E-state index in [1.165, 1.54) is 5.56 Å². The minimum Gasteiger partial charge on any atom is -0.456 e. The van der Waals surface area contributed by atoms with Crippen LogP contribution >= 0.6 is 0 Å². The fraction of sp³-hybridized carbons (Fsp3) is 0. The summed E-state index contributed by atoms with van der Waals surface area (Å²) >= 11 is 0. The van der Waals surface area contributed by atoms with Crippen molar-refractivity contribution in [1.82, 2.24) is 9.97 Å². The summed E-state index contributed by atoms with van der Waals surface area (Å²) in [6.07, 6.45) is 0. The van der Waals surface area contributed by atoms with E-state index in [0.29, 0.717) is 5.82 Å². The van der Waals surface area contributed by atoms with Gasteiger partial charge in [-0.1, -0.05) is 152 Å². The predicted octanol–water partition coefficient (Wildman–Crippen LogP) is 14.3. The standard InChI is InChI=1S/C52H32N2O2/c1-2-12-33(13-3-1)34-26-28-35(29-27-34)52-53-44(38-16-8-14-36(30-38)40-20-10-24-48-50(40)42-18-4-6-22-46(42)55-48)32-45(54-52)39-17-9-15-37(31-39)41-21-11-25-49-51(41)43-19-5-7-23-47(43)56-49/h1-32H. The maximum absolute atomic E-state index is 6.25. The first kappa shape index (κ1) is 31.9. The number of fused-ring (bicyclic) bond motifs is 6. The van der Waals surface area contributed by atoms with Crippen molar-refractivity contribution in [2.24, 2.45) is 0 Å². The fourth-order valence-corrected chi connectivity index (χ4v) is 8.04. The first-order valence-electron chi connectivity index (χ1n) is 18.8. The van der Waals surface area contributed by atoms with Crippen molar-refractivity contribution in [3.8, 4) is 67.3 Å². The number of hydrogen-bond donors (Lipinski definition) is 0. The number of nitrogens with zero attached hydrogens (tertiary/aromatic N) is 2. The van der Waals surface area contributed by atoms with E-state index in [2.05, 4.69) is 152 Å². The highest BCUT2D eigenvalue weighted by atomic mass is 16.3. The van der Waals surface area contributed by atoms with Gasteiger partial charge in [-0.25, -0.2) is 9.97 Å². The first-order valence-corrected chi connectivity index (χ1v) is 18.8. The molecule has 56 heavy (non-hydrogen) atoms. The van der Waals surface area contributed by atoms with E-state index in [-0.39, 0.29) is 0 Å². The van der Waals surface area contributed by atoms with Gasteiger partial charge in [-0.05, 0) is 75.8 Å². The molecule has 262 valence electrons. The van der Waals surface area contributed by atoms with Crippen LogP contribution in [0, 0.1) is 0 Å². The molecular formula is C52H32N2O2. The highest BCUT2D eigenvalue weighted by Crippen LogP contribution is 2.40. The van der Waals surface area contributed by atoms with Gasteiger partial charge in [0, 0.05) is 38.2 Å². The Morgan fingerprint density at radius 3 is 1.25 bits per heavy atom. The Kier molecular flexibility index (Phi) is 7.46. The average Bonchev–Trinajstić information content (AvgIpc) is 3.86. The van der Waals surface area contributed by atoms with Crippen LogP contribution in [0.1, 0.15) is 0 Å². The van der Waals surface area contributed by atoms with Crippen molar-refractivity contribution in [2.45, 2.75) is 0 Å². The Hall–Kier alpha value is -7.56. The Morgan fingerprint density at radius 1 is 0.286 bits per heavy atom. The van der Waals surface area contributed by atoms with Gasteiger partial charge in [0.15, 0.2) is 5.82 Å². The molecule has 4 heteroatoms. The van der Waals surface area contributed by atoms with E-state index < -0.39 is 0 Å². The molecule has 11 aromatic rings. The molecule has 0 radical (unpaired) electrons. The average molecular weight is 717 g/mol. The molecular weight excluding hydrogens is 685 g/mol. The zero-order valence-corrected chi connectivity index (χ0v) is 30.2. The highest BCUT2D eigenvalue weighted by Gasteiger charge is 2.17. The van der Waals surface area contributed by atoms with Gasteiger partial charge in [0.05, 0.1) is 11.4 Å². The third-order valence-electron chi connectivity index (χ3n) is 10.7. The normalized spacial score (nSPS) is 11.6. The summed E-state index contributed by atoms with van der Waals surface area (Å²) in [5.74, 6) is 0.666. The lowest BCUT2D eigenvalue weighted by atomic mass is 9.96. The second kappa shape index (κ2) is 13.1. The zero-order valence-electron chi connectivity index (χ0n) is 30.2. The monoisotopic (exact) mass is 716 g/mol. The molecule has 0 saturated heterocycles. The summed E-state index contributed by atoms with van der Waals surface area (Å²) in [6, 6.07) is 67.3. The van der Waals surface area contributed by atoms with E-state index in [9.17, 15) is 0 Å². The zero-order chi connectivity index (χ0) is 37.0. The molecule has 0 aliphatic heterocycles. The van der Waals surface area contributed by atoms with Crippen LogP contribution in [0.2, 0.25) is 0 Å². The van der Waals surface area contributed by atoms with E-state index in [0.717, 1.165) is 99.8 Å². The van der Waals surface area contributed by atoms with Gasteiger partial charge in [0.1, 0.15) is 22.3 Å². The summed E-state index contributed by atoms with van der Waals surface area (Å²) in [6.45, 7) is 0. The highest BCUT2D eigenvalue weighted by molar-refractivity contribution is 6.13. The molecule has 3 aromatic heterocycles. The van der Waals surface area contributed by atoms with E-state index in [1.54, 1.807) is 0 Å². The van der Waals surface area contributed by atoms with Crippen LogP contribution in [-0.2, 0) is 0 Å². The fourth-order valence-electron chi connectivity index (χ4n) is 8.04. The number of benzene rings is 8. The summed E-state index contributed by atoms with van der Waals surface area (Å²) in [5.41, 5.74) is 14.9. The molecule has 8 aromatic carbocycles. The molecule has 0 aliphatic rings. The molecule has 0 N–H and O–H groups in total. The number of aromatic nitrogens is 2. The van der Waals surface area contributed by atoms with Gasteiger partial charge in [-0.15, -0.1) is 0 Å². The molecule has 3 heterocycles. The molecule has 0 unspecified atom stereocenters. The largest absolute Gasteiger partial charge is 0.456 e. The van der Waals surface area contributed by atoms with E-state index in [4.69, 9.17) is 18.8 Å². The van der Waals surface area contributed by atoms with Gasteiger partial charge in [0.25, 0.3) is 0 Å². The van der Waals surface area contributed by atoms with Crippen molar-refractivity contribution < 1.29 is 8.83 Å². The number of hydrogen-bond acceptors (Lipinski definition) is 4. The predicted molar refractivity (Wildman–Crippen MR) is 229 cm³/mol. The SMILES string of the molecule is c1ccc(-c2ccc(-c3nc(-c4cccc(-c5cccc6oc7ccccc7c56)c4)cc(-c4cccc(-c5cccc6oc7ccccc7c56)c4)n3)cc2)cc1. The molecule has 4 nitrogen and oxygen atoms in total. The molecule has 0 bridgehead atoms. The second-order valence-corrected chi connectivity index (χ2v) is 14.1. The number of furan rings is 2. The molecule has 0 aliphatic carbocycles. The Morgan fingerprint density at radius 2 is 0.696 bits per heavy atom. The summed E-state index contributed by atoms with van der Waals surface area (Å²) in [7, 11) is 0. The van der Waals surface area contributed by atoms with Gasteiger partial charge >= 0.3 is 0 Å². The van der Waals surface area contributed by atoms with Crippen LogP contribution in [0.25, 0.3) is 111 Å². The minimum atomic E-state index is 0.666. The van der Waals surface area contributed by atoms with Crippen molar-refractivity contribution in [3.63, 3.8) is 0 Å². The Balaban J connectivity index is 1.07.